The van der Waals surface area contributed by atoms with Crippen LogP contribution in [0.25, 0.3) is 0 Å². The van der Waals surface area contributed by atoms with Gasteiger partial charge in [0.2, 0.25) is 0 Å². The number of piperazine rings is 1. The van der Waals surface area contributed by atoms with Crippen molar-refractivity contribution in [1.29, 1.82) is 0 Å². The average molecular weight is 261 g/mol. The number of anilines is 1. The fourth-order valence-electron chi connectivity index (χ4n) is 3.18. The van der Waals surface area contributed by atoms with Crippen LogP contribution in [0.15, 0.2) is 24.3 Å². The molecule has 1 aromatic rings. The van der Waals surface area contributed by atoms with Crippen molar-refractivity contribution in [3.05, 3.63) is 34.4 Å². The molecule has 0 saturated carbocycles. The lowest BCUT2D eigenvalue weighted by Crippen LogP contribution is -2.54. The Balaban J connectivity index is 1.70. The Kier molecular flexibility index (Phi) is 3.38. The van der Waals surface area contributed by atoms with Crippen molar-refractivity contribution in [1.82, 2.24) is 4.90 Å². The van der Waals surface area contributed by atoms with Gasteiger partial charge < -0.3 is 4.90 Å². The van der Waals surface area contributed by atoms with E-state index >= 15 is 0 Å². The summed E-state index contributed by atoms with van der Waals surface area (Å²) in [6.07, 6.45) is 3.94. The number of nitro groups is 1. The third-order valence-corrected chi connectivity index (χ3v) is 4.26. The Morgan fingerprint density at radius 1 is 1.11 bits per heavy atom. The fraction of sp³-hybridized carbons (Fsp3) is 0.571. The topological polar surface area (TPSA) is 49.6 Å². The molecule has 0 bridgehead atoms. The predicted octanol–water partition coefficient (Wildman–Crippen LogP) is 2.27. The molecule has 2 fully saturated rings. The van der Waals surface area contributed by atoms with Crippen LogP contribution in [0.4, 0.5) is 11.4 Å². The van der Waals surface area contributed by atoms with Gasteiger partial charge in [-0.3, -0.25) is 15.0 Å². The largest absolute Gasteiger partial charge is 0.369 e. The summed E-state index contributed by atoms with van der Waals surface area (Å²) >= 11 is 0. The normalized spacial score (nSPS) is 24.0. The number of hydrogen-bond donors (Lipinski definition) is 0. The molecule has 0 amide bonds. The molecule has 5 nitrogen and oxygen atoms in total. The Bertz CT molecular complexity index is 460. The Morgan fingerprint density at radius 2 is 1.89 bits per heavy atom. The van der Waals surface area contributed by atoms with E-state index < -0.39 is 0 Å². The Morgan fingerprint density at radius 3 is 2.63 bits per heavy atom. The summed E-state index contributed by atoms with van der Waals surface area (Å²) in [6.45, 7) is 4.42. The summed E-state index contributed by atoms with van der Waals surface area (Å²) in [6, 6.07) is 7.61. The van der Waals surface area contributed by atoms with Gasteiger partial charge in [0, 0.05) is 43.5 Å². The van der Waals surface area contributed by atoms with E-state index in [1.807, 2.05) is 12.1 Å². The van der Waals surface area contributed by atoms with Crippen LogP contribution in [-0.2, 0) is 0 Å². The van der Waals surface area contributed by atoms with Gasteiger partial charge in [-0.15, -0.1) is 0 Å². The van der Waals surface area contributed by atoms with Crippen LogP contribution in [0.3, 0.4) is 0 Å². The van der Waals surface area contributed by atoms with E-state index in [4.69, 9.17) is 0 Å². The van der Waals surface area contributed by atoms with Crippen LogP contribution in [0.5, 0.6) is 0 Å². The van der Waals surface area contributed by atoms with E-state index in [2.05, 4.69) is 9.80 Å². The van der Waals surface area contributed by atoms with Gasteiger partial charge in [-0.05, 0) is 31.5 Å². The van der Waals surface area contributed by atoms with Gasteiger partial charge in [0.15, 0.2) is 0 Å². The van der Waals surface area contributed by atoms with Crippen molar-refractivity contribution in [2.45, 2.75) is 25.3 Å². The summed E-state index contributed by atoms with van der Waals surface area (Å²) in [4.78, 5) is 15.3. The average Bonchev–Trinajstić information content (AvgIpc) is 2.47. The number of piperidine rings is 1. The number of rotatable bonds is 2. The molecule has 0 N–H and O–H groups in total. The highest BCUT2D eigenvalue weighted by molar-refractivity contribution is 5.51. The van der Waals surface area contributed by atoms with Crippen LogP contribution in [-0.4, -0.2) is 42.0 Å². The maximum atomic E-state index is 10.7. The molecule has 2 aliphatic heterocycles. The number of benzene rings is 1. The lowest BCUT2D eigenvalue weighted by atomic mass is 9.99. The second-order valence-electron chi connectivity index (χ2n) is 5.41. The zero-order chi connectivity index (χ0) is 13.2. The first-order valence-electron chi connectivity index (χ1n) is 6.97. The number of non-ortho nitro benzene ring substituents is 1. The molecule has 1 unspecified atom stereocenters. The van der Waals surface area contributed by atoms with E-state index in [-0.39, 0.29) is 10.6 Å². The molecule has 2 saturated heterocycles. The van der Waals surface area contributed by atoms with Crippen LogP contribution >= 0.6 is 0 Å². The smallest absolute Gasteiger partial charge is 0.269 e. The quantitative estimate of drug-likeness (QED) is 0.605. The molecular weight excluding hydrogens is 242 g/mol. The van der Waals surface area contributed by atoms with Crippen LogP contribution in [0.1, 0.15) is 19.3 Å². The molecular formula is C14H19N3O2. The molecule has 19 heavy (non-hydrogen) atoms. The zero-order valence-corrected chi connectivity index (χ0v) is 11.0. The summed E-state index contributed by atoms with van der Waals surface area (Å²) in [7, 11) is 0. The SMILES string of the molecule is O=[N+]([O-])c1ccc(N2CCN3CCCCC3C2)cc1. The maximum Gasteiger partial charge on any atom is 0.269 e. The van der Waals surface area contributed by atoms with Crippen molar-refractivity contribution in [2.75, 3.05) is 31.1 Å². The third-order valence-electron chi connectivity index (χ3n) is 4.26. The van der Waals surface area contributed by atoms with Gasteiger partial charge in [-0.2, -0.15) is 0 Å². The van der Waals surface area contributed by atoms with Crippen LogP contribution in [0, 0.1) is 10.1 Å². The highest BCUT2D eigenvalue weighted by Gasteiger charge is 2.28. The number of nitro benzene ring substituents is 1. The first-order valence-corrected chi connectivity index (χ1v) is 6.97. The van der Waals surface area contributed by atoms with E-state index in [0.717, 1.165) is 25.3 Å². The summed E-state index contributed by atoms with van der Waals surface area (Å²) in [5, 5.41) is 10.7. The highest BCUT2D eigenvalue weighted by atomic mass is 16.6. The minimum atomic E-state index is -0.344. The van der Waals surface area contributed by atoms with Crippen LogP contribution < -0.4 is 4.90 Å². The molecule has 5 heteroatoms. The highest BCUT2D eigenvalue weighted by Crippen LogP contribution is 2.26. The first-order chi connectivity index (χ1) is 9.24. The van der Waals surface area contributed by atoms with Crippen molar-refractivity contribution >= 4 is 11.4 Å². The van der Waals surface area contributed by atoms with Gasteiger partial charge in [0.05, 0.1) is 4.92 Å². The van der Waals surface area contributed by atoms with Gasteiger partial charge in [0.25, 0.3) is 5.69 Å². The molecule has 3 rings (SSSR count). The lowest BCUT2D eigenvalue weighted by Gasteiger charge is -2.44. The van der Waals surface area contributed by atoms with Crippen molar-refractivity contribution in [2.24, 2.45) is 0 Å². The molecule has 0 radical (unpaired) electrons. The van der Waals surface area contributed by atoms with Crippen molar-refractivity contribution in [3.63, 3.8) is 0 Å². The standard InChI is InChI=1S/C14H19N3O2/c18-17(19)13-6-4-12(5-7-13)16-10-9-15-8-2-1-3-14(15)11-16/h4-7,14H,1-3,8-11H2. The van der Waals surface area contributed by atoms with E-state index in [1.54, 1.807) is 12.1 Å². The van der Waals surface area contributed by atoms with Crippen LogP contribution in [0.2, 0.25) is 0 Å². The zero-order valence-electron chi connectivity index (χ0n) is 11.0. The molecule has 0 aliphatic carbocycles. The molecule has 2 heterocycles. The van der Waals surface area contributed by atoms with Gasteiger partial charge in [-0.1, -0.05) is 6.42 Å². The molecule has 1 aromatic carbocycles. The third kappa shape index (κ3) is 2.56. The molecule has 1 atom stereocenters. The number of hydrogen-bond acceptors (Lipinski definition) is 4. The van der Waals surface area contributed by atoms with E-state index in [9.17, 15) is 10.1 Å². The summed E-state index contributed by atoms with van der Waals surface area (Å²) < 4.78 is 0. The fourth-order valence-corrected chi connectivity index (χ4v) is 3.18. The molecule has 102 valence electrons. The van der Waals surface area contributed by atoms with Gasteiger partial charge in [-0.25, -0.2) is 0 Å². The summed E-state index contributed by atoms with van der Waals surface area (Å²) in [5.41, 5.74) is 1.27. The molecule has 0 spiro atoms. The summed E-state index contributed by atoms with van der Waals surface area (Å²) in [5.74, 6) is 0. The van der Waals surface area contributed by atoms with Gasteiger partial charge >= 0.3 is 0 Å². The van der Waals surface area contributed by atoms with Gasteiger partial charge in [0.1, 0.15) is 0 Å². The number of nitrogens with zero attached hydrogens (tertiary/aromatic N) is 3. The second kappa shape index (κ2) is 5.17. The predicted molar refractivity (Wildman–Crippen MR) is 74.5 cm³/mol. The first kappa shape index (κ1) is 12.4. The number of fused-ring (bicyclic) bond motifs is 1. The van der Waals surface area contributed by atoms with Crippen molar-refractivity contribution < 1.29 is 4.92 Å². The second-order valence-corrected chi connectivity index (χ2v) is 5.41. The minimum absolute atomic E-state index is 0.167. The lowest BCUT2D eigenvalue weighted by molar-refractivity contribution is -0.384. The Labute approximate surface area is 113 Å². The minimum Gasteiger partial charge on any atom is -0.369 e. The van der Waals surface area contributed by atoms with Crippen molar-refractivity contribution in [3.8, 4) is 0 Å². The Hall–Kier alpha value is -1.62. The van der Waals surface area contributed by atoms with E-state index in [0.29, 0.717) is 6.04 Å². The molecule has 2 aliphatic rings. The van der Waals surface area contributed by atoms with E-state index in [1.165, 1.54) is 25.8 Å². The molecule has 0 aromatic heterocycles. The monoisotopic (exact) mass is 261 g/mol. The maximum absolute atomic E-state index is 10.7.